The Morgan fingerprint density at radius 3 is 2.67 bits per heavy atom. The topological polar surface area (TPSA) is 3.24 Å². The highest BCUT2D eigenvalue weighted by Crippen LogP contribution is 2.47. The lowest BCUT2D eigenvalue weighted by Gasteiger charge is -2.44. The Morgan fingerprint density at radius 2 is 2.08 bits per heavy atom. The average Bonchev–Trinajstić information content (AvgIpc) is 2.09. The van der Waals surface area contributed by atoms with Crippen LogP contribution in [0.15, 0.2) is 0 Å². The molecule has 1 spiro atoms. The Balaban J connectivity index is 2.02. The summed E-state index contributed by atoms with van der Waals surface area (Å²) in [5.74, 6) is 0.968. The lowest BCUT2D eigenvalue weighted by molar-refractivity contribution is 0.0754. The fraction of sp³-hybridized carbons (Fsp3) is 1.00. The zero-order valence-electron chi connectivity index (χ0n) is 8.47. The Hall–Kier alpha value is -0.0400. The lowest BCUT2D eigenvalue weighted by Crippen LogP contribution is -2.39. The predicted octanol–water partition coefficient (Wildman–Crippen LogP) is 2.52. The fourth-order valence-corrected chi connectivity index (χ4v) is 3.04. The Morgan fingerprint density at radius 1 is 1.33 bits per heavy atom. The summed E-state index contributed by atoms with van der Waals surface area (Å²) in [4.78, 5) is 2.54. The van der Waals surface area contributed by atoms with Crippen molar-refractivity contribution in [2.45, 2.75) is 39.0 Å². The number of rotatable bonds is 0. The summed E-state index contributed by atoms with van der Waals surface area (Å²) < 4.78 is 0. The van der Waals surface area contributed by atoms with Crippen molar-refractivity contribution in [2.24, 2.45) is 11.3 Å². The predicted molar refractivity (Wildman–Crippen MR) is 52.2 cm³/mol. The second-order valence-electron chi connectivity index (χ2n) is 5.19. The Kier molecular flexibility index (Phi) is 2.16. The third-order valence-electron chi connectivity index (χ3n) is 3.80. The molecule has 1 aliphatic heterocycles. The van der Waals surface area contributed by atoms with E-state index in [-0.39, 0.29) is 0 Å². The molecular weight excluding hydrogens is 146 g/mol. The number of hydrogen-bond donors (Lipinski definition) is 0. The van der Waals surface area contributed by atoms with E-state index in [1.165, 1.54) is 45.2 Å². The van der Waals surface area contributed by atoms with Crippen molar-refractivity contribution in [3.8, 4) is 0 Å². The van der Waals surface area contributed by atoms with Crippen LogP contribution >= 0.6 is 0 Å². The van der Waals surface area contributed by atoms with Gasteiger partial charge < -0.3 is 4.90 Å². The molecule has 0 bridgehead atoms. The Bertz CT molecular complexity index is 146. The van der Waals surface area contributed by atoms with Gasteiger partial charge in [-0.25, -0.2) is 0 Å². The van der Waals surface area contributed by atoms with E-state index in [1.54, 1.807) is 0 Å². The molecule has 1 heteroatoms. The maximum atomic E-state index is 2.54. The van der Waals surface area contributed by atoms with Crippen LogP contribution < -0.4 is 0 Å². The van der Waals surface area contributed by atoms with Gasteiger partial charge in [-0.05, 0) is 50.6 Å². The maximum absolute atomic E-state index is 2.54. The number of nitrogens with zero attached hydrogens (tertiary/aromatic N) is 1. The van der Waals surface area contributed by atoms with Gasteiger partial charge in [0, 0.05) is 6.54 Å². The van der Waals surface area contributed by atoms with Crippen molar-refractivity contribution >= 4 is 0 Å². The van der Waals surface area contributed by atoms with Crippen LogP contribution in [0.25, 0.3) is 0 Å². The van der Waals surface area contributed by atoms with Crippen molar-refractivity contribution in [1.29, 1.82) is 0 Å². The van der Waals surface area contributed by atoms with Crippen LogP contribution in [0.1, 0.15) is 39.0 Å². The molecule has 0 aromatic rings. The molecule has 2 aliphatic rings. The first-order chi connectivity index (χ1) is 5.70. The second kappa shape index (κ2) is 3.02. The molecule has 0 amide bonds. The molecule has 1 saturated heterocycles. The van der Waals surface area contributed by atoms with Gasteiger partial charge in [-0.15, -0.1) is 0 Å². The van der Waals surface area contributed by atoms with Crippen LogP contribution in [0.5, 0.6) is 0 Å². The summed E-state index contributed by atoms with van der Waals surface area (Å²) in [5, 5.41) is 0. The standard InChI is InChI=1S/C11H21N/c1-10-4-7-12(2)9-11(8-10)5-3-6-11/h10H,3-9H2,1-2H3. The summed E-state index contributed by atoms with van der Waals surface area (Å²) in [5.41, 5.74) is 0.755. The average molecular weight is 167 g/mol. The molecule has 1 atom stereocenters. The second-order valence-corrected chi connectivity index (χ2v) is 5.19. The van der Waals surface area contributed by atoms with Gasteiger partial charge in [0.15, 0.2) is 0 Å². The minimum Gasteiger partial charge on any atom is -0.306 e. The summed E-state index contributed by atoms with van der Waals surface area (Å²) >= 11 is 0. The molecule has 0 aromatic heterocycles. The third-order valence-corrected chi connectivity index (χ3v) is 3.80. The van der Waals surface area contributed by atoms with Crippen LogP contribution in [0.3, 0.4) is 0 Å². The molecule has 1 saturated carbocycles. The molecule has 12 heavy (non-hydrogen) atoms. The van der Waals surface area contributed by atoms with Crippen molar-refractivity contribution < 1.29 is 0 Å². The molecule has 0 radical (unpaired) electrons. The molecule has 0 aromatic carbocycles. The van der Waals surface area contributed by atoms with E-state index >= 15 is 0 Å². The largest absolute Gasteiger partial charge is 0.306 e. The molecular formula is C11H21N. The summed E-state index contributed by atoms with van der Waals surface area (Å²) in [6.07, 6.45) is 7.40. The van der Waals surface area contributed by atoms with E-state index in [0.29, 0.717) is 0 Å². The number of hydrogen-bond acceptors (Lipinski definition) is 1. The molecule has 1 heterocycles. The monoisotopic (exact) mass is 167 g/mol. The van der Waals surface area contributed by atoms with Crippen LogP contribution in [-0.2, 0) is 0 Å². The van der Waals surface area contributed by atoms with Crippen LogP contribution in [0, 0.1) is 11.3 Å². The smallest absolute Gasteiger partial charge is 0.00350 e. The van der Waals surface area contributed by atoms with Gasteiger partial charge in [-0.3, -0.25) is 0 Å². The van der Waals surface area contributed by atoms with Gasteiger partial charge in [0.1, 0.15) is 0 Å². The molecule has 0 N–H and O–H groups in total. The first kappa shape index (κ1) is 8.55. The van der Waals surface area contributed by atoms with E-state index in [0.717, 1.165) is 11.3 Å². The molecule has 2 fully saturated rings. The minimum atomic E-state index is 0.755. The summed E-state index contributed by atoms with van der Waals surface area (Å²) in [7, 11) is 2.29. The first-order valence-electron chi connectivity index (χ1n) is 5.39. The molecule has 1 aliphatic carbocycles. The highest BCUT2D eigenvalue weighted by Gasteiger charge is 2.40. The molecule has 70 valence electrons. The van der Waals surface area contributed by atoms with Gasteiger partial charge in [-0.1, -0.05) is 13.3 Å². The van der Waals surface area contributed by atoms with Crippen LogP contribution in [0.2, 0.25) is 0 Å². The van der Waals surface area contributed by atoms with Crippen molar-refractivity contribution in [3.63, 3.8) is 0 Å². The van der Waals surface area contributed by atoms with Gasteiger partial charge in [0.05, 0.1) is 0 Å². The van der Waals surface area contributed by atoms with Crippen LogP contribution in [-0.4, -0.2) is 25.0 Å². The fourth-order valence-electron chi connectivity index (χ4n) is 3.04. The van der Waals surface area contributed by atoms with Gasteiger partial charge in [0.25, 0.3) is 0 Å². The maximum Gasteiger partial charge on any atom is 0.00350 e. The SMILES string of the molecule is CC1CCN(C)CC2(CCC2)C1. The van der Waals surface area contributed by atoms with E-state index in [4.69, 9.17) is 0 Å². The zero-order chi connectivity index (χ0) is 8.60. The lowest BCUT2D eigenvalue weighted by atomic mass is 9.64. The minimum absolute atomic E-state index is 0.755. The van der Waals surface area contributed by atoms with E-state index < -0.39 is 0 Å². The first-order valence-corrected chi connectivity index (χ1v) is 5.39. The van der Waals surface area contributed by atoms with Crippen molar-refractivity contribution in [2.75, 3.05) is 20.1 Å². The Labute approximate surface area is 76.1 Å². The van der Waals surface area contributed by atoms with Crippen molar-refractivity contribution in [1.82, 2.24) is 4.90 Å². The van der Waals surface area contributed by atoms with Gasteiger partial charge >= 0.3 is 0 Å². The van der Waals surface area contributed by atoms with E-state index in [1.807, 2.05) is 0 Å². The molecule has 1 unspecified atom stereocenters. The summed E-state index contributed by atoms with van der Waals surface area (Å²) in [6.45, 7) is 5.12. The molecule has 1 nitrogen and oxygen atoms in total. The van der Waals surface area contributed by atoms with Gasteiger partial charge in [-0.2, -0.15) is 0 Å². The van der Waals surface area contributed by atoms with Crippen LogP contribution in [0.4, 0.5) is 0 Å². The van der Waals surface area contributed by atoms with E-state index in [9.17, 15) is 0 Å². The van der Waals surface area contributed by atoms with Crippen molar-refractivity contribution in [3.05, 3.63) is 0 Å². The summed E-state index contributed by atoms with van der Waals surface area (Å²) in [6, 6.07) is 0. The highest BCUT2D eigenvalue weighted by molar-refractivity contribution is 4.92. The highest BCUT2D eigenvalue weighted by atomic mass is 15.1. The van der Waals surface area contributed by atoms with E-state index in [2.05, 4.69) is 18.9 Å². The zero-order valence-corrected chi connectivity index (χ0v) is 8.47. The quantitative estimate of drug-likeness (QED) is 0.536. The normalized spacial score (nSPS) is 36.0. The molecule has 2 rings (SSSR count). The third kappa shape index (κ3) is 1.52. The van der Waals surface area contributed by atoms with Gasteiger partial charge in [0.2, 0.25) is 0 Å². The number of likely N-dealkylation sites (tertiary alicyclic amines) is 1.